The first-order valence-corrected chi connectivity index (χ1v) is 8.47. The lowest BCUT2D eigenvalue weighted by atomic mass is 9.82. The Kier molecular flexibility index (Phi) is 3.50. The molecule has 2 saturated heterocycles. The van der Waals surface area contributed by atoms with Crippen molar-refractivity contribution >= 4 is 0 Å². The van der Waals surface area contributed by atoms with E-state index in [0.29, 0.717) is 12.1 Å². The van der Waals surface area contributed by atoms with E-state index in [0.717, 1.165) is 30.5 Å². The largest absolute Gasteiger partial charge is 0.307 e. The van der Waals surface area contributed by atoms with Gasteiger partial charge in [-0.05, 0) is 62.8 Å². The van der Waals surface area contributed by atoms with Gasteiger partial charge in [-0.2, -0.15) is 0 Å². The maximum atomic E-state index is 13.8. The zero-order valence-corrected chi connectivity index (χ0v) is 12.8. The first kappa shape index (κ1) is 13.7. The molecule has 1 N–H and O–H groups in total. The summed E-state index contributed by atoms with van der Waals surface area (Å²) in [5.74, 6) is -0.0166. The average Bonchev–Trinajstić information content (AvgIpc) is 2.85. The van der Waals surface area contributed by atoms with Crippen molar-refractivity contribution in [1.82, 2.24) is 10.2 Å². The maximum Gasteiger partial charge on any atom is 0.126 e. The number of halogens is 1. The molecule has 21 heavy (non-hydrogen) atoms. The van der Waals surface area contributed by atoms with Gasteiger partial charge in [-0.15, -0.1) is 0 Å². The van der Waals surface area contributed by atoms with Gasteiger partial charge in [0.05, 0.1) is 0 Å². The number of benzene rings is 1. The molecule has 0 amide bonds. The van der Waals surface area contributed by atoms with Crippen LogP contribution in [0.1, 0.15) is 55.7 Å². The minimum atomic E-state index is -0.0166. The number of fused-ring (bicyclic) bond motifs is 3. The Labute approximate surface area is 126 Å². The quantitative estimate of drug-likeness (QED) is 0.897. The second kappa shape index (κ2) is 5.36. The maximum absolute atomic E-state index is 13.8. The number of nitrogens with zero attached hydrogens (tertiary/aromatic N) is 1. The fraction of sp³-hybridized carbons (Fsp3) is 0.667. The summed E-state index contributed by atoms with van der Waals surface area (Å²) in [5, 5.41) is 3.86. The summed E-state index contributed by atoms with van der Waals surface area (Å²) in [5.41, 5.74) is 2.15. The summed E-state index contributed by atoms with van der Waals surface area (Å²) in [6, 6.07) is 8.05. The molecule has 1 aromatic carbocycles. The van der Waals surface area contributed by atoms with Crippen LogP contribution >= 0.6 is 0 Å². The van der Waals surface area contributed by atoms with E-state index in [2.05, 4.69) is 23.3 Å². The first-order chi connectivity index (χ1) is 10.2. The molecule has 3 unspecified atom stereocenters. The van der Waals surface area contributed by atoms with Crippen molar-refractivity contribution in [2.24, 2.45) is 0 Å². The van der Waals surface area contributed by atoms with E-state index in [1.165, 1.54) is 37.7 Å². The minimum Gasteiger partial charge on any atom is -0.307 e. The first-order valence-electron chi connectivity index (χ1n) is 8.47. The van der Waals surface area contributed by atoms with Gasteiger partial charge in [0, 0.05) is 24.2 Å². The number of hydrogen-bond acceptors (Lipinski definition) is 2. The van der Waals surface area contributed by atoms with Crippen LogP contribution in [-0.2, 0) is 6.42 Å². The summed E-state index contributed by atoms with van der Waals surface area (Å²) >= 11 is 0. The summed E-state index contributed by atoms with van der Waals surface area (Å²) < 4.78 is 13.8. The van der Waals surface area contributed by atoms with Crippen LogP contribution in [0.2, 0.25) is 0 Å². The molecular formula is C18H25FN2. The van der Waals surface area contributed by atoms with Gasteiger partial charge in [0.25, 0.3) is 0 Å². The molecule has 3 atom stereocenters. The number of piperidine rings is 2. The molecule has 2 nitrogen and oxygen atoms in total. The van der Waals surface area contributed by atoms with E-state index < -0.39 is 0 Å². The molecule has 2 aliphatic heterocycles. The van der Waals surface area contributed by atoms with Gasteiger partial charge >= 0.3 is 0 Å². The van der Waals surface area contributed by atoms with Crippen LogP contribution in [0.3, 0.4) is 0 Å². The summed E-state index contributed by atoms with van der Waals surface area (Å²) in [6.07, 6.45) is 8.55. The van der Waals surface area contributed by atoms with E-state index in [9.17, 15) is 4.39 Å². The van der Waals surface area contributed by atoms with Crippen molar-refractivity contribution in [3.05, 3.63) is 35.1 Å². The number of nitrogens with one attached hydrogen (secondary N) is 1. The topological polar surface area (TPSA) is 15.3 Å². The Balaban J connectivity index is 1.48. The van der Waals surface area contributed by atoms with Crippen LogP contribution in [0.15, 0.2) is 18.2 Å². The van der Waals surface area contributed by atoms with E-state index in [4.69, 9.17) is 0 Å². The van der Waals surface area contributed by atoms with Crippen LogP contribution in [0, 0.1) is 5.82 Å². The molecule has 2 bridgehead atoms. The lowest BCUT2D eigenvalue weighted by Gasteiger charge is -2.47. The SMILES string of the molecule is CN1C2CCCC1CC(NC1CCc3c(F)cccc31)C2. The second-order valence-electron chi connectivity index (χ2n) is 7.14. The average molecular weight is 288 g/mol. The molecule has 114 valence electrons. The zero-order chi connectivity index (χ0) is 14.4. The Hall–Kier alpha value is -0.930. The summed E-state index contributed by atoms with van der Waals surface area (Å²) in [4.78, 5) is 2.60. The number of hydrogen-bond donors (Lipinski definition) is 1. The third kappa shape index (κ3) is 2.40. The third-order valence-corrected chi connectivity index (χ3v) is 5.99. The highest BCUT2D eigenvalue weighted by molar-refractivity contribution is 5.35. The Morgan fingerprint density at radius 2 is 1.90 bits per heavy atom. The molecule has 0 saturated carbocycles. The Morgan fingerprint density at radius 3 is 2.67 bits per heavy atom. The second-order valence-corrected chi connectivity index (χ2v) is 7.14. The molecule has 2 heterocycles. The fourth-order valence-electron chi connectivity index (χ4n) is 4.82. The van der Waals surface area contributed by atoms with E-state index in [-0.39, 0.29) is 5.82 Å². The standard InChI is InChI=1S/C18H25FN2/c1-21-13-4-2-5-14(21)11-12(10-13)20-18-9-8-15-16(18)6-3-7-17(15)19/h3,6-7,12-14,18,20H,2,4-5,8-11H2,1H3. The normalized spacial score (nSPS) is 35.7. The third-order valence-electron chi connectivity index (χ3n) is 5.99. The van der Waals surface area contributed by atoms with Crippen LogP contribution in [0.5, 0.6) is 0 Å². The lowest BCUT2D eigenvalue weighted by molar-refractivity contribution is 0.0458. The van der Waals surface area contributed by atoms with Gasteiger partial charge in [-0.3, -0.25) is 0 Å². The van der Waals surface area contributed by atoms with Gasteiger partial charge in [-0.1, -0.05) is 18.6 Å². The molecule has 1 aromatic rings. The van der Waals surface area contributed by atoms with Crippen molar-refractivity contribution in [2.45, 2.75) is 69.1 Å². The van der Waals surface area contributed by atoms with Crippen LogP contribution in [0.4, 0.5) is 4.39 Å². The summed E-state index contributed by atoms with van der Waals surface area (Å²) in [7, 11) is 2.30. The monoisotopic (exact) mass is 288 g/mol. The number of rotatable bonds is 2. The van der Waals surface area contributed by atoms with E-state index in [1.807, 2.05) is 6.07 Å². The Bertz CT molecular complexity index is 516. The van der Waals surface area contributed by atoms with Gasteiger partial charge in [-0.25, -0.2) is 4.39 Å². The molecule has 3 aliphatic rings. The van der Waals surface area contributed by atoms with Gasteiger partial charge < -0.3 is 10.2 Å². The van der Waals surface area contributed by atoms with E-state index >= 15 is 0 Å². The predicted molar refractivity (Wildman–Crippen MR) is 82.8 cm³/mol. The lowest BCUT2D eigenvalue weighted by Crippen LogP contribution is -2.54. The predicted octanol–water partition coefficient (Wildman–Crippen LogP) is 3.42. The van der Waals surface area contributed by atoms with Crippen LogP contribution < -0.4 is 5.32 Å². The minimum absolute atomic E-state index is 0.0166. The van der Waals surface area contributed by atoms with Crippen molar-refractivity contribution in [3.8, 4) is 0 Å². The van der Waals surface area contributed by atoms with Crippen molar-refractivity contribution in [1.29, 1.82) is 0 Å². The van der Waals surface area contributed by atoms with E-state index in [1.54, 1.807) is 6.07 Å². The van der Waals surface area contributed by atoms with Crippen molar-refractivity contribution < 1.29 is 4.39 Å². The highest BCUT2D eigenvalue weighted by Gasteiger charge is 2.37. The van der Waals surface area contributed by atoms with Crippen LogP contribution in [0.25, 0.3) is 0 Å². The molecule has 4 rings (SSSR count). The Morgan fingerprint density at radius 1 is 1.14 bits per heavy atom. The molecule has 3 heteroatoms. The van der Waals surface area contributed by atoms with Crippen molar-refractivity contribution in [2.75, 3.05) is 7.05 Å². The van der Waals surface area contributed by atoms with Crippen LogP contribution in [-0.4, -0.2) is 30.1 Å². The highest BCUT2D eigenvalue weighted by atomic mass is 19.1. The highest BCUT2D eigenvalue weighted by Crippen LogP contribution is 2.37. The molecule has 0 aromatic heterocycles. The van der Waals surface area contributed by atoms with Gasteiger partial charge in [0.1, 0.15) is 5.82 Å². The molecule has 1 aliphatic carbocycles. The summed E-state index contributed by atoms with van der Waals surface area (Å²) in [6.45, 7) is 0. The van der Waals surface area contributed by atoms with Gasteiger partial charge in [0.15, 0.2) is 0 Å². The van der Waals surface area contributed by atoms with Gasteiger partial charge in [0.2, 0.25) is 0 Å². The molecular weight excluding hydrogens is 263 g/mol. The zero-order valence-electron chi connectivity index (χ0n) is 12.8. The smallest absolute Gasteiger partial charge is 0.126 e. The molecule has 2 fully saturated rings. The molecule has 0 spiro atoms. The fourth-order valence-corrected chi connectivity index (χ4v) is 4.82. The van der Waals surface area contributed by atoms with Crippen molar-refractivity contribution in [3.63, 3.8) is 0 Å². The molecule has 0 radical (unpaired) electrons.